The molecule has 0 bridgehead atoms. The van der Waals surface area contributed by atoms with Gasteiger partial charge in [0.1, 0.15) is 12.6 Å². The summed E-state index contributed by atoms with van der Waals surface area (Å²) in [5, 5.41) is 2.98. The maximum absolute atomic E-state index is 11.2. The van der Waals surface area contributed by atoms with Crippen molar-refractivity contribution in [1.82, 2.24) is 5.32 Å². The Bertz CT molecular complexity index is 275. The minimum atomic E-state index is -0.431. The summed E-state index contributed by atoms with van der Waals surface area (Å²) >= 11 is 0. The molecule has 5 heteroatoms. The SMILES string of the molecule is C=C(C)C(=O)OCCC1NCCOC1=O. The average Bonchev–Trinajstić information content (AvgIpc) is 2.20. The number of carbonyl (C=O) groups excluding carboxylic acids is 2. The lowest BCUT2D eigenvalue weighted by Crippen LogP contribution is -2.45. The van der Waals surface area contributed by atoms with Gasteiger partial charge in [-0.05, 0) is 6.92 Å². The van der Waals surface area contributed by atoms with Gasteiger partial charge in [0.15, 0.2) is 0 Å². The lowest BCUT2D eigenvalue weighted by atomic mass is 10.2. The molecule has 1 heterocycles. The van der Waals surface area contributed by atoms with Crippen LogP contribution < -0.4 is 5.32 Å². The van der Waals surface area contributed by atoms with Gasteiger partial charge in [-0.1, -0.05) is 6.58 Å². The Morgan fingerprint density at radius 1 is 1.73 bits per heavy atom. The molecule has 1 atom stereocenters. The Hall–Kier alpha value is -1.36. The van der Waals surface area contributed by atoms with Crippen molar-refractivity contribution in [2.45, 2.75) is 19.4 Å². The van der Waals surface area contributed by atoms with E-state index in [0.29, 0.717) is 25.1 Å². The quantitative estimate of drug-likeness (QED) is 0.526. The molecule has 1 aliphatic rings. The van der Waals surface area contributed by atoms with Crippen LogP contribution in [0.4, 0.5) is 0 Å². The third kappa shape index (κ3) is 3.71. The number of rotatable bonds is 4. The van der Waals surface area contributed by atoms with Crippen molar-refractivity contribution in [2.75, 3.05) is 19.8 Å². The van der Waals surface area contributed by atoms with Crippen LogP contribution in [0.2, 0.25) is 0 Å². The molecule has 5 nitrogen and oxygen atoms in total. The fourth-order valence-corrected chi connectivity index (χ4v) is 1.18. The number of nitrogens with one attached hydrogen (secondary N) is 1. The van der Waals surface area contributed by atoms with Crippen LogP contribution in [0.5, 0.6) is 0 Å². The Morgan fingerprint density at radius 3 is 3.07 bits per heavy atom. The molecular weight excluding hydrogens is 198 g/mol. The van der Waals surface area contributed by atoms with Crippen LogP contribution in [0, 0.1) is 0 Å². The number of hydrogen-bond donors (Lipinski definition) is 1. The predicted molar refractivity (Wildman–Crippen MR) is 53.1 cm³/mol. The molecule has 0 aliphatic carbocycles. The second-order valence-corrected chi connectivity index (χ2v) is 3.38. The second kappa shape index (κ2) is 5.50. The molecule has 1 fully saturated rings. The van der Waals surface area contributed by atoms with E-state index in [2.05, 4.69) is 11.9 Å². The summed E-state index contributed by atoms with van der Waals surface area (Å²) in [6, 6.07) is -0.364. The Kier molecular flexibility index (Phi) is 4.30. The number of carbonyl (C=O) groups is 2. The predicted octanol–water partition coefficient (Wildman–Crippen LogP) is 0.0108. The van der Waals surface area contributed by atoms with Gasteiger partial charge >= 0.3 is 11.9 Å². The topological polar surface area (TPSA) is 64.6 Å². The first-order valence-electron chi connectivity index (χ1n) is 4.84. The molecule has 0 saturated carbocycles. The highest BCUT2D eigenvalue weighted by molar-refractivity contribution is 5.86. The molecular formula is C10H15NO4. The highest BCUT2D eigenvalue weighted by atomic mass is 16.5. The van der Waals surface area contributed by atoms with E-state index in [9.17, 15) is 9.59 Å². The van der Waals surface area contributed by atoms with E-state index in [1.165, 1.54) is 0 Å². The van der Waals surface area contributed by atoms with Crippen molar-refractivity contribution >= 4 is 11.9 Å². The largest absolute Gasteiger partial charge is 0.463 e. The van der Waals surface area contributed by atoms with Gasteiger partial charge < -0.3 is 14.8 Å². The number of cyclic esters (lactones) is 1. The van der Waals surface area contributed by atoms with Crippen LogP contribution in [-0.2, 0) is 19.1 Å². The minimum absolute atomic E-state index is 0.193. The van der Waals surface area contributed by atoms with Crippen LogP contribution in [0.3, 0.4) is 0 Å². The number of esters is 2. The zero-order valence-electron chi connectivity index (χ0n) is 8.75. The van der Waals surface area contributed by atoms with Gasteiger partial charge in [0, 0.05) is 18.5 Å². The minimum Gasteiger partial charge on any atom is -0.463 e. The van der Waals surface area contributed by atoms with Crippen LogP contribution in [0.1, 0.15) is 13.3 Å². The number of hydrogen-bond acceptors (Lipinski definition) is 5. The number of ether oxygens (including phenoxy) is 2. The van der Waals surface area contributed by atoms with Gasteiger partial charge in [0.25, 0.3) is 0 Å². The van der Waals surface area contributed by atoms with Crippen LogP contribution in [0.15, 0.2) is 12.2 Å². The Labute approximate surface area is 88.4 Å². The molecule has 0 aromatic heterocycles. The first-order valence-corrected chi connectivity index (χ1v) is 4.84. The molecule has 1 rings (SSSR count). The van der Waals surface area contributed by atoms with E-state index in [-0.39, 0.29) is 18.6 Å². The standard InChI is InChI=1S/C10H15NO4/c1-7(2)9(12)14-5-3-8-10(13)15-6-4-11-8/h8,11H,1,3-6H2,2H3. The molecule has 0 aromatic rings. The van der Waals surface area contributed by atoms with Gasteiger partial charge in [-0.25, -0.2) is 4.79 Å². The molecule has 1 aliphatic heterocycles. The summed E-state index contributed by atoms with van der Waals surface area (Å²) < 4.78 is 9.70. The van der Waals surface area contributed by atoms with E-state index in [1.807, 2.05) is 0 Å². The maximum Gasteiger partial charge on any atom is 0.333 e. The van der Waals surface area contributed by atoms with Crippen molar-refractivity contribution in [2.24, 2.45) is 0 Å². The molecule has 1 saturated heterocycles. The fraction of sp³-hybridized carbons (Fsp3) is 0.600. The second-order valence-electron chi connectivity index (χ2n) is 3.38. The summed E-state index contributed by atoms with van der Waals surface area (Å²) in [6.07, 6.45) is 0.428. The lowest BCUT2D eigenvalue weighted by molar-refractivity contribution is -0.151. The molecule has 0 spiro atoms. The zero-order valence-corrected chi connectivity index (χ0v) is 8.75. The van der Waals surface area contributed by atoms with Crippen molar-refractivity contribution in [3.8, 4) is 0 Å². The van der Waals surface area contributed by atoms with E-state index in [4.69, 9.17) is 9.47 Å². The third-order valence-corrected chi connectivity index (χ3v) is 2.01. The van der Waals surface area contributed by atoms with Crippen molar-refractivity contribution in [1.29, 1.82) is 0 Å². The summed E-state index contributed by atoms with van der Waals surface area (Å²) in [5.41, 5.74) is 0.356. The van der Waals surface area contributed by atoms with Crippen LogP contribution in [-0.4, -0.2) is 37.7 Å². The highest BCUT2D eigenvalue weighted by Crippen LogP contribution is 2.02. The van der Waals surface area contributed by atoms with Crippen LogP contribution >= 0.6 is 0 Å². The first kappa shape index (κ1) is 11.7. The molecule has 1 N–H and O–H groups in total. The lowest BCUT2D eigenvalue weighted by Gasteiger charge is -2.22. The van der Waals surface area contributed by atoms with Gasteiger partial charge in [0.2, 0.25) is 0 Å². The monoisotopic (exact) mass is 213 g/mol. The van der Waals surface area contributed by atoms with Gasteiger partial charge in [-0.2, -0.15) is 0 Å². The zero-order chi connectivity index (χ0) is 11.3. The van der Waals surface area contributed by atoms with Crippen molar-refractivity contribution < 1.29 is 19.1 Å². The molecule has 0 amide bonds. The smallest absolute Gasteiger partial charge is 0.333 e. The molecule has 15 heavy (non-hydrogen) atoms. The first-order chi connectivity index (χ1) is 7.11. The van der Waals surface area contributed by atoms with E-state index in [1.54, 1.807) is 6.92 Å². The van der Waals surface area contributed by atoms with E-state index >= 15 is 0 Å². The maximum atomic E-state index is 11.2. The highest BCUT2D eigenvalue weighted by Gasteiger charge is 2.23. The third-order valence-electron chi connectivity index (χ3n) is 2.01. The van der Waals surface area contributed by atoms with E-state index < -0.39 is 5.97 Å². The fourth-order valence-electron chi connectivity index (χ4n) is 1.18. The Balaban J connectivity index is 2.22. The molecule has 84 valence electrons. The molecule has 0 radical (unpaired) electrons. The summed E-state index contributed by atoms with van der Waals surface area (Å²) in [6.45, 7) is 6.27. The van der Waals surface area contributed by atoms with Crippen molar-refractivity contribution in [3.63, 3.8) is 0 Å². The van der Waals surface area contributed by atoms with Gasteiger partial charge in [0.05, 0.1) is 6.61 Å². The van der Waals surface area contributed by atoms with Crippen LogP contribution in [0.25, 0.3) is 0 Å². The normalized spacial score (nSPS) is 20.6. The summed E-state index contributed by atoms with van der Waals surface area (Å²) in [7, 11) is 0. The number of morpholine rings is 1. The summed E-state index contributed by atoms with van der Waals surface area (Å²) in [5.74, 6) is -0.716. The van der Waals surface area contributed by atoms with Gasteiger partial charge in [-0.3, -0.25) is 4.79 Å². The van der Waals surface area contributed by atoms with Crippen molar-refractivity contribution in [3.05, 3.63) is 12.2 Å². The van der Waals surface area contributed by atoms with Gasteiger partial charge in [-0.15, -0.1) is 0 Å². The average molecular weight is 213 g/mol. The molecule has 1 unspecified atom stereocenters. The molecule has 0 aromatic carbocycles. The summed E-state index contributed by atoms with van der Waals surface area (Å²) in [4.78, 5) is 22.2. The Morgan fingerprint density at radius 2 is 2.47 bits per heavy atom. The van der Waals surface area contributed by atoms with E-state index in [0.717, 1.165) is 0 Å².